The first-order valence-electron chi connectivity index (χ1n) is 8.15. The third kappa shape index (κ3) is 5.96. The van der Waals surface area contributed by atoms with E-state index in [4.69, 9.17) is 10.5 Å². The topological polar surface area (TPSA) is 128 Å². The van der Waals surface area contributed by atoms with Crippen molar-refractivity contribution in [2.24, 2.45) is 5.73 Å². The fourth-order valence-corrected chi connectivity index (χ4v) is 2.12. The number of anilines is 2. The van der Waals surface area contributed by atoms with E-state index in [9.17, 15) is 19.2 Å². The second-order valence-electron chi connectivity index (χ2n) is 5.54. The van der Waals surface area contributed by atoms with Gasteiger partial charge in [0.05, 0.1) is 5.56 Å². The standard InChI is InChI=1S/C19H19N3O5/c1-2-17(24)21-14-7-3-12(4-8-14)16(23)11-27-18(25)13-5-9-15(10-6-13)22-19(20)26/h3-10H,2,11H2,1H3,(H,21,24)(H3,20,22,26). The molecule has 8 heteroatoms. The number of nitrogens with one attached hydrogen (secondary N) is 2. The average Bonchev–Trinajstić information content (AvgIpc) is 2.66. The molecule has 0 unspecified atom stereocenters. The molecule has 0 atom stereocenters. The zero-order valence-corrected chi connectivity index (χ0v) is 14.7. The number of hydrogen-bond donors (Lipinski definition) is 3. The molecule has 0 aliphatic carbocycles. The van der Waals surface area contributed by atoms with Crippen molar-refractivity contribution in [3.8, 4) is 0 Å². The van der Waals surface area contributed by atoms with Crippen molar-refractivity contribution in [2.45, 2.75) is 13.3 Å². The van der Waals surface area contributed by atoms with Crippen molar-refractivity contribution in [3.05, 3.63) is 59.7 Å². The Morgan fingerprint density at radius 2 is 1.37 bits per heavy atom. The lowest BCUT2D eigenvalue weighted by molar-refractivity contribution is -0.115. The minimum absolute atomic E-state index is 0.125. The van der Waals surface area contributed by atoms with Gasteiger partial charge in [0.15, 0.2) is 12.4 Å². The molecule has 2 aromatic carbocycles. The highest BCUT2D eigenvalue weighted by Crippen LogP contribution is 2.12. The minimum atomic E-state index is -0.712. The predicted octanol–water partition coefficient (Wildman–Crippen LogP) is 2.57. The van der Waals surface area contributed by atoms with Crippen LogP contribution in [0.25, 0.3) is 0 Å². The van der Waals surface area contributed by atoms with Crippen molar-refractivity contribution in [1.29, 1.82) is 0 Å². The average molecular weight is 369 g/mol. The molecule has 8 nitrogen and oxygen atoms in total. The molecular formula is C19H19N3O5. The molecule has 0 radical (unpaired) electrons. The molecule has 2 rings (SSSR count). The Balaban J connectivity index is 1.89. The van der Waals surface area contributed by atoms with E-state index in [2.05, 4.69) is 10.6 Å². The summed E-state index contributed by atoms with van der Waals surface area (Å²) in [4.78, 5) is 46.2. The Morgan fingerprint density at radius 1 is 0.852 bits per heavy atom. The van der Waals surface area contributed by atoms with Crippen LogP contribution in [0.3, 0.4) is 0 Å². The van der Waals surface area contributed by atoms with Gasteiger partial charge in [0, 0.05) is 23.4 Å². The molecule has 0 aromatic heterocycles. The maximum Gasteiger partial charge on any atom is 0.338 e. The molecule has 140 valence electrons. The van der Waals surface area contributed by atoms with Crippen molar-refractivity contribution in [1.82, 2.24) is 0 Å². The van der Waals surface area contributed by atoms with Crippen molar-refractivity contribution < 1.29 is 23.9 Å². The van der Waals surface area contributed by atoms with Crippen LogP contribution < -0.4 is 16.4 Å². The lowest BCUT2D eigenvalue weighted by atomic mass is 10.1. The van der Waals surface area contributed by atoms with Gasteiger partial charge in [-0.15, -0.1) is 0 Å². The molecule has 0 bridgehead atoms. The number of amides is 3. The van der Waals surface area contributed by atoms with Crippen LogP contribution in [0.1, 0.15) is 34.1 Å². The Labute approximate surface area is 155 Å². The van der Waals surface area contributed by atoms with E-state index in [0.29, 0.717) is 23.4 Å². The molecule has 0 heterocycles. The number of ketones is 1. The van der Waals surface area contributed by atoms with Crippen LogP contribution in [0.4, 0.5) is 16.2 Å². The SMILES string of the molecule is CCC(=O)Nc1ccc(C(=O)COC(=O)c2ccc(NC(N)=O)cc2)cc1. The van der Waals surface area contributed by atoms with Crippen LogP contribution in [-0.2, 0) is 9.53 Å². The van der Waals surface area contributed by atoms with E-state index in [1.54, 1.807) is 31.2 Å². The van der Waals surface area contributed by atoms with Gasteiger partial charge in [0.2, 0.25) is 5.91 Å². The van der Waals surface area contributed by atoms with Gasteiger partial charge >= 0.3 is 12.0 Å². The number of hydrogen-bond acceptors (Lipinski definition) is 5. The Morgan fingerprint density at radius 3 is 1.89 bits per heavy atom. The van der Waals surface area contributed by atoms with Crippen LogP contribution in [0.2, 0.25) is 0 Å². The number of esters is 1. The Bertz CT molecular complexity index is 845. The highest BCUT2D eigenvalue weighted by molar-refractivity contribution is 6.00. The maximum absolute atomic E-state index is 12.1. The van der Waals surface area contributed by atoms with Crippen molar-refractivity contribution in [2.75, 3.05) is 17.2 Å². The summed E-state index contributed by atoms with van der Waals surface area (Å²) in [5.41, 5.74) is 6.61. The molecule has 0 aliphatic heterocycles. The predicted molar refractivity (Wildman–Crippen MR) is 99.6 cm³/mol. The molecule has 0 aliphatic rings. The smallest absolute Gasteiger partial charge is 0.338 e. The largest absolute Gasteiger partial charge is 0.454 e. The number of rotatable bonds is 7. The third-order valence-electron chi connectivity index (χ3n) is 3.53. The molecular weight excluding hydrogens is 350 g/mol. The molecule has 2 aromatic rings. The number of urea groups is 1. The molecule has 27 heavy (non-hydrogen) atoms. The van der Waals surface area contributed by atoms with Gasteiger partial charge in [-0.05, 0) is 48.5 Å². The minimum Gasteiger partial charge on any atom is -0.454 e. The van der Waals surface area contributed by atoms with Gasteiger partial charge in [0.25, 0.3) is 0 Å². The number of Topliss-reactive ketones (excluding diaryl/α,β-unsaturated/α-hetero) is 1. The van der Waals surface area contributed by atoms with Gasteiger partial charge in [-0.2, -0.15) is 0 Å². The highest BCUT2D eigenvalue weighted by Gasteiger charge is 2.12. The normalized spacial score (nSPS) is 9.96. The maximum atomic E-state index is 12.1. The summed E-state index contributed by atoms with van der Waals surface area (Å²) in [7, 11) is 0. The summed E-state index contributed by atoms with van der Waals surface area (Å²) in [6.45, 7) is 1.32. The zero-order valence-electron chi connectivity index (χ0n) is 14.7. The van der Waals surface area contributed by atoms with E-state index in [-0.39, 0.29) is 17.3 Å². The van der Waals surface area contributed by atoms with Gasteiger partial charge < -0.3 is 21.1 Å². The molecule has 0 fully saturated rings. The van der Waals surface area contributed by atoms with Crippen LogP contribution in [0, 0.1) is 0 Å². The summed E-state index contributed by atoms with van der Waals surface area (Å²) in [5.74, 6) is -1.16. The first-order chi connectivity index (χ1) is 12.9. The first kappa shape index (κ1) is 19.6. The van der Waals surface area contributed by atoms with E-state index in [0.717, 1.165) is 0 Å². The lowest BCUT2D eigenvalue weighted by Crippen LogP contribution is -2.19. The van der Waals surface area contributed by atoms with Crippen molar-refractivity contribution >= 4 is 35.1 Å². The monoisotopic (exact) mass is 369 g/mol. The number of carbonyl (C=O) groups excluding carboxylic acids is 4. The highest BCUT2D eigenvalue weighted by atomic mass is 16.5. The fourth-order valence-electron chi connectivity index (χ4n) is 2.12. The Kier molecular flexibility index (Phi) is 6.65. The van der Waals surface area contributed by atoms with E-state index in [1.165, 1.54) is 24.3 Å². The zero-order chi connectivity index (χ0) is 19.8. The third-order valence-corrected chi connectivity index (χ3v) is 3.53. The number of ether oxygens (including phenoxy) is 1. The Hall–Kier alpha value is -3.68. The van der Waals surface area contributed by atoms with Gasteiger partial charge in [-0.25, -0.2) is 9.59 Å². The summed E-state index contributed by atoms with van der Waals surface area (Å²) >= 11 is 0. The van der Waals surface area contributed by atoms with Crippen LogP contribution >= 0.6 is 0 Å². The lowest BCUT2D eigenvalue weighted by Gasteiger charge is -2.07. The fraction of sp³-hybridized carbons (Fsp3) is 0.158. The van der Waals surface area contributed by atoms with E-state index >= 15 is 0 Å². The van der Waals surface area contributed by atoms with Crippen LogP contribution in [-0.4, -0.2) is 30.3 Å². The molecule has 4 N–H and O–H groups in total. The second kappa shape index (κ2) is 9.14. The number of nitrogens with two attached hydrogens (primary N) is 1. The summed E-state index contributed by atoms with van der Waals surface area (Å²) in [6.07, 6.45) is 0.357. The second-order valence-corrected chi connectivity index (χ2v) is 5.54. The van der Waals surface area contributed by atoms with Crippen LogP contribution in [0.15, 0.2) is 48.5 Å². The first-order valence-corrected chi connectivity index (χ1v) is 8.15. The molecule has 0 saturated carbocycles. The van der Waals surface area contributed by atoms with Gasteiger partial charge in [-0.1, -0.05) is 6.92 Å². The van der Waals surface area contributed by atoms with Crippen LogP contribution in [0.5, 0.6) is 0 Å². The molecule has 0 spiro atoms. The number of primary amides is 1. The van der Waals surface area contributed by atoms with E-state index < -0.39 is 18.6 Å². The van der Waals surface area contributed by atoms with Gasteiger partial charge in [-0.3, -0.25) is 9.59 Å². The van der Waals surface area contributed by atoms with E-state index in [1.807, 2.05) is 0 Å². The molecule has 0 saturated heterocycles. The quantitative estimate of drug-likeness (QED) is 0.510. The van der Waals surface area contributed by atoms with Gasteiger partial charge in [0.1, 0.15) is 0 Å². The molecule has 3 amide bonds. The van der Waals surface area contributed by atoms with Crippen molar-refractivity contribution in [3.63, 3.8) is 0 Å². The summed E-state index contributed by atoms with van der Waals surface area (Å²) in [6, 6.07) is 11.5. The summed E-state index contributed by atoms with van der Waals surface area (Å²) in [5, 5.41) is 5.05. The summed E-state index contributed by atoms with van der Waals surface area (Å²) < 4.78 is 5.01. The number of carbonyl (C=O) groups is 4. The number of benzene rings is 2.